The first-order valence-corrected chi connectivity index (χ1v) is 4.60. The second-order valence-corrected chi connectivity index (χ2v) is 3.41. The number of nitrogens with zero attached hydrogens (tertiary/aromatic N) is 3. The van der Waals surface area contributed by atoms with E-state index in [2.05, 4.69) is 23.1 Å². The van der Waals surface area contributed by atoms with E-state index in [0.717, 1.165) is 11.3 Å². The van der Waals surface area contributed by atoms with Crippen LogP contribution in [0.25, 0.3) is 11.1 Å². The van der Waals surface area contributed by atoms with Crippen molar-refractivity contribution in [3.05, 3.63) is 35.9 Å². The zero-order chi connectivity index (χ0) is 10.1. The van der Waals surface area contributed by atoms with Gasteiger partial charge in [-0.2, -0.15) is 5.10 Å². The predicted molar refractivity (Wildman–Crippen MR) is 55.9 cm³/mol. The molecule has 0 amide bonds. The minimum absolute atomic E-state index is 1.05. The Balaban J connectivity index is 2.62. The van der Waals surface area contributed by atoms with Gasteiger partial charge in [0, 0.05) is 36.3 Å². The van der Waals surface area contributed by atoms with Crippen molar-refractivity contribution in [3.8, 4) is 11.1 Å². The minimum atomic E-state index is 1.05. The van der Waals surface area contributed by atoms with Crippen LogP contribution in [0.1, 0.15) is 11.4 Å². The topological polar surface area (TPSA) is 30.7 Å². The van der Waals surface area contributed by atoms with E-state index in [1.807, 2.05) is 30.9 Å². The zero-order valence-electron chi connectivity index (χ0n) is 8.65. The summed E-state index contributed by atoms with van der Waals surface area (Å²) in [5.74, 6) is 0. The zero-order valence-corrected chi connectivity index (χ0v) is 8.65. The van der Waals surface area contributed by atoms with Gasteiger partial charge in [0.2, 0.25) is 0 Å². The number of aromatic nitrogens is 3. The summed E-state index contributed by atoms with van der Waals surface area (Å²) >= 11 is 0. The summed E-state index contributed by atoms with van der Waals surface area (Å²) in [7, 11) is 1.96. The van der Waals surface area contributed by atoms with Crippen LogP contribution < -0.4 is 0 Å². The summed E-state index contributed by atoms with van der Waals surface area (Å²) in [4.78, 5) is 4.12. The highest BCUT2D eigenvalue weighted by Crippen LogP contribution is 2.24. The smallest absolute Gasteiger partial charge is 0.0675 e. The van der Waals surface area contributed by atoms with Crippen LogP contribution in [0, 0.1) is 13.8 Å². The number of rotatable bonds is 1. The third kappa shape index (κ3) is 1.31. The van der Waals surface area contributed by atoms with E-state index in [1.165, 1.54) is 11.3 Å². The molecule has 0 spiro atoms. The quantitative estimate of drug-likeness (QED) is 0.684. The molecule has 0 aromatic carbocycles. The molecule has 0 saturated heterocycles. The maximum Gasteiger partial charge on any atom is 0.0675 e. The van der Waals surface area contributed by atoms with Crippen LogP contribution in [0.4, 0.5) is 0 Å². The highest BCUT2D eigenvalue weighted by Gasteiger charge is 2.10. The van der Waals surface area contributed by atoms with E-state index in [0.29, 0.717) is 0 Å². The highest BCUT2D eigenvalue weighted by molar-refractivity contribution is 5.67. The Morgan fingerprint density at radius 3 is 2.57 bits per heavy atom. The Kier molecular flexibility index (Phi) is 2.08. The molecule has 0 fully saturated rings. The normalized spacial score (nSPS) is 10.5. The van der Waals surface area contributed by atoms with Crippen molar-refractivity contribution in [2.24, 2.45) is 7.05 Å². The highest BCUT2D eigenvalue weighted by atomic mass is 15.3. The van der Waals surface area contributed by atoms with Gasteiger partial charge in [-0.1, -0.05) is 6.07 Å². The first-order valence-electron chi connectivity index (χ1n) is 4.60. The van der Waals surface area contributed by atoms with Crippen molar-refractivity contribution in [1.29, 1.82) is 0 Å². The molecule has 3 heteroatoms. The number of pyridine rings is 1. The van der Waals surface area contributed by atoms with Crippen LogP contribution in [-0.4, -0.2) is 14.8 Å². The molecule has 0 N–H and O–H groups in total. The van der Waals surface area contributed by atoms with E-state index in [1.54, 1.807) is 6.20 Å². The molecule has 72 valence electrons. The predicted octanol–water partition coefficient (Wildman–Crippen LogP) is 2.10. The molecular formula is C11H13N3. The van der Waals surface area contributed by atoms with Crippen molar-refractivity contribution in [1.82, 2.24) is 14.8 Å². The van der Waals surface area contributed by atoms with Crippen LogP contribution >= 0.6 is 0 Å². The van der Waals surface area contributed by atoms with Crippen LogP contribution in [0.15, 0.2) is 24.5 Å². The fraction of sp³-hybridized carbons (Fsp3) is 0.273. The van der Waals surface area contributed by atoms with Gasteiger partial charge in [-0.25, -0.2) is 0 Å². The van der Waals surface area contributed by atoms with Crippen molar-refractivity contribution in [2.75, 3.05) is 0 Å². The molecule has 3 nitrogen and oxygen atoms in total. The standard InChI is InChI=1S/C11H13N3/c1-8-11(9(2)14(3)13-8)10-5-4-6-12-7-10/h4-7H,1-3H3. The maximum atomic E-state index is 4.38. The Morgan fingerprint density at radius 2 is 2.07 bits per heavy atom. The molecule has 0 bridgehead atoms. The Hall–Kier alpha value is -1.64. The van der Waals surface area contributed by atoms with Gasteiger partial charge in [0.05, 0.1) is 5.69 Å². The van der Waals surface area contributed by atoms with Crippen molar-refractivity contribution in [2.45, 2.75) is 13.8 Å². The van der Waals surface area contributed by atoms with Crippen molar-refractivity contribution >= 4 is 0 Å². The van der Waals surface area contributed by atoms with Gasteiger partial charge < -0.3 is 0 Å². The Morgan fingerprint density at radius 1 is 1.29 bits per heavy atom. The molecule has 2 aromatic heterocycles. The third-order valence-electron chi connectivity index (χ3n) is 2.46. The molecule has 2 heterocycles. The van der Waals surface area contributed by atoms with E-state index in [9.17, 15) is 0 Å². The molecule has 2 aromatic rings. The van der Waals surface area contributed by atoms with Gasteiger partial charge in [0.25, 0.3) is 0 Å². The summed E-state index contributed by atoms with van der Waals surface area (Å²) in [6, 6.07) is 4.01. The average Bonchev–Trinajstić information content (AvgIpc) is 2.43. The summed E-state index contributed by atoms with van der Waals surface area (Å²) in [6.07, 6.45) is 3.65. The second-order valence-electron chi connectivity index (χ2n) is 3.41. The molecule has 0 unspecified atom stereocenters. The van der Waals surface area contributed by atoms with Gasteiger partial charge in [0.15, 0.2) is 0 Å². The molecule has 0 aliphatic carbocycles. The summed E-state index contributed by atoms with van der Waals surface area (Å²) < 4.78 is 1.90. The van der Waals surface area contributed by atoms with Crippen LogP contribution in [0.5, 0.6) is 0 Å². The van der Waals surface area contributed by atoms with Gasteiger partial charge >= 0.3 is 0 Å². The van der Waals surface area contributed by atoms with Crippen LogP contribution in [0.3, 0.4) is 0 Å². The fourth-order valence-corrected chi connectivity index (χ4v) is 1.70. The monoisotopic (exact) mass is 187 g/mol. The summed E-state index contributed by atoms with van der Waals surface area (Å²) in [5, 5.41) is 4.38. The van der Waals surface area contributed by atoms with Crippen LogP contribution in [-0.2, 0) is 7.05 Å². The lowest BCUT2D eigenvalue weighted by Crippen LogP contribution is -1.92. The molecule has 0 radical (unpaired) electrons. The van der Waals surface area contributed by atoms with E-state index < -0.39 is 0 Å². The van der Waals surface area contributed by atoms with E-state index >= 15 is 0 Å². The molecular weight excluding hydrogens is 174 g/mol. The minimum Gasteiger partial charge on any atom is -0.272 e. The Labute approximate surface area is 83.4 Å². The van der Waals surface area contributed by atoms with Crippen molar-refractivity contribution < 1.29 is 0 Å². The summed E-state index contributed by atoms with van der Waals surface area (Å²) in [6.45, 7) is 4.09. The van der Waals surface area contributed by atoms with Crippen LogP contribution in [0.2, 0.25) is 0 Å². The van der Waals surface area contributed by atoms with Gasteiger partial charge in [-0.15, -0.1) is 0 Å². The average molecular weight is 187 g/mol. The first-order chi connectivity index (χ1) is 6.70. The number of aryl methyl sites for hydroxylation is 2. The summed E-state index contributed by atoms with van der Waals surface area (Å²) in [5.41, 5.74) is 4.56. The Bertz CT molecular complexity index is 443. The van der Waals surface area contributed by atoms with Gasteiger partial charge in [-0.05, 0) is 19.9 Å². The first kappa shape index (κ1) is 8.94. The molecule has 0 atom stereocenters. The fourth-order valence-electron chi connectivity index (χ4n) is 1.70. The molecule has 0 aliphatic rings. The van der Waals surface area contributed by atoms with Crippen molar-refractivity contribution in [3.63, 3.8) is 0 Å². The van der Waals surface area contributed by atoms with E-state index in [4.69, 9.17) is 0 Å². The molecule has 0 aliphatic heterocycles. The number of hydrogen-bond acceptors (Lipinski definition) is 2. The molecule has 14 heavy (non-hydrogen) atoms. The lowest BCUT2D eigenvalue weighted by Gasteiger charge is -2.00. The molecule has 2 rings (SSSR count). The largest absolute Gasteiger partial charge is 0.272 e. The lowest BCUT2D eigenvalue weighted by atomic mass is 10.1. The molecule has 0 saturated carbocycles. The van der Waals surface area contributed by atoms with E-state index in [-0.39, 0.29) is 0 Å². The SMILES string of the molecule is Cc1nn(C)c(C)c1-c1cccnc1. The second kappa shape index (κ2) is 3.25. The maximum absolute atomic E-state index is 4.38. The third-order valence-corrected chi connectivity index (χ3v) is 2.46. The number of hydrogen-bond donors (Lipinski definition) is 0. The van der Waals surface area contributed by atoms with Gasteiger partial charge in [0.1, 0.15) is 0 Å². The van der Waals surface area contributed by atoms with Gasteiger partial charge in [-0.3, -0.25) is 9.67 Å². The lowest BCUT2D eigenvalue weighted by molar-refractivity contribution is 0.731.